The van der Waals surface area contributed by atoms with Crippen molar-refractivity contribution in [2.75, 3.05) is 5.73 Å². The van der Waals surface area contributed by atoms with E-state index in [1.54, 1.807) is 10.6 Å². The Balaban J connectivity index is 2.46. The van der Waals surface area contributed by atoms with Crippen molar-refractivity contribution in [3.05, 3.63) is 58.0 Å². The maximum atomic E-state index is 12.2. The Labute approximate surface area is 110 Å². The third-order valence-corrected chi connectivity index (χ3v) is 3.37. The molecule has 0 saturated heterocycles. The van der Waals surface area contributed by atoms with Gasteiger partial charge >= 0.3 is 5.69 Å². The molecule has 0 radical (unpaired) electrons. The number of nitrogens with zero attached hydrogens (tertiary/aromatic N) is 1. The van der Waals surface area contributed by atoms with E-state index in [0.717, 1.165) is 27.8 Å². The Hall–Kier alpha value is -2.49. The largest absolute Gasteiger partial charge is 0.399 e. The summed E-state index contributed by atoms with van der Waals surface area (Å²) in [4.78, 5) is 15.1. The molecule has 0 spiro atoms. The summed E-state index contributed by atoms with van der Waals surface area (Å²) in [6.45, 7) is 4.00. The number of aromatic amines is 1. The van der Waals surface area contributed by atoms with E-state index in [0.29, 0.717) is 5.69 Å². The third kappa shape index (κ3) is 1.73. The summed E-state index contributed by atoms with van der Waals surface area (Å²) in [5.41, 5.74) is 11.0. The molecule has 4 heteroatoms. The molecule has 0 bridgehead atoms. The zero-order valence-electron chi connectivity index (χ0n) is 10.9. The van der Waals surface area contributed by atoms with Gasteiger partial charge in [0.25, 0.3) is 0 Å². The lowest BCUT2D eigenvalue weighted by Crippen LogP contribution is -2.16. The average Bonchev–Trinajstić information content (AvgIpc) is 2.66. The molecule has 0 aliphatic heterocycles. The zero-order chi connectivity index (χ0) is 13.6. The highest BCUT2D eigenvalue weighted by molar-refractivity contribution is 5.81. The SMILES string of the molecule is Cc1cccc(C)c1-n1c(=O)[nH]c2ccc(N)cc21. The highest BCUT2D eigenvalue weighted by atomic mass is 16.1. The van der Waals surface area contributed by atoms with Crippen molar-refractivity contribution in [2.45, 2.75) is 13.8 Å². The monoisotopic (exact) mass is 253 g/mol. The molecule has 0 atom stereocenters. The van der Waals surface area contributed by atoms with Gasteiger partial charge in [-0.1, -0.05) is 18.2 Å². The van der Waals surface area contributed by atoms with Crippen molar-refractivity contribution in [1.82, 2.24) is 9.55 Å². The van der Waals surface area contributed by atoms with E-state index < -0.39 is 0 Å². The van der Waals surface area contributed by atoms with Gasteiger partial charge in [-0.3, -0.25) is 4.57 Å². The molecule has 0 saturated carbocycles. The second-order valence-corrected chi connectivity index (χ2v) is 4.78. The van der Waals surface area contributed by atoms with Gasteiger partial charge in [-0.05, 0) is 43.2 Å². The van der Waals surface area contributed by atoms with Crippen molar-refractivity contribution in [1.29, 1.82) is 0 Å². The van der Waals surface area contributed by atoms with Crippen molar-refractivity contribution < 1.29 is 0 Å². The minimum Gasteiger partial charge on any atom is -0.399 e. The van der Waals surface area contributed by atoms with Crippen molar-refractivity contribution in [3.8, 4) is 5.69 Å². The molecule has 0 aliphatic rings. The first-order chi connectivity index (χ1) is 9.08. The predicted octanol–water partition coefficient (Wildman–Crippen LogP) is 2.52. The molecule has 0 aliphatic carbocycles. The lowest BCUT2D eigenvalue weighted by Gasteiger charge is -2.11. The Morgan fingerprint density at radius 3 is 2.47 bits per heavy atom. The Morgan fingerprint density at radius 1 is 1.11 bits per heavy atom. The van der Waals surface area contributed by atoms with Crippen molar-refractivity contribution >= 4 is 16.7 Å². The number of nitrogens with one attached hydrogen (secondary N) is 1. The van der Waals surface area contributed by atoms with Gasteiger partial charge in [-0.25, -0.2) is 4.79 Å². The molecular formula is C15H15N3O. The highest BCUT2D eigenvalue weighted by Crippen LogP contribution is 2.23. The summed E-state index contributed by atoms with van der Waals surface area (Å²) in [7, 11) is 0. The van der Waals surface area contributed by atoms with E-state index in [1.807, 2.05) is 44.2 Å². The van der Waals surface area contributed by atoms with Gasteiger partial charge in [-0.15, -0.1) is 0 Å². The van der Waals surface area contributed by atoms with E-state index in [2.05, 4.69) is 4.98 Å². The Bertz CT molecular complexity index is 807. The number of anilines is 1. The molecule has 3 rings (SSSR count). The van der Waals surface area contributed by atoms with Gasteiger partial charge in [0.2, 0.25) is 0 Å². The molecule has 3 N–H and O–H groups in total. The molecule has 1 aromatic heterocycles. The van der Waals surface area contributed by atoms with Crippen LogP contribution in [0.5, 0.6) is 0 Å². The maximum absolute atomic E-state index is 12.2. The summed E-state index contributed by atoms with van der Waals surface area (Å²) in [5.74, 6) is 0. The summed E-state index contributed by atoms with van der Waals surface area (Å²) in [5, 5.41) is 0. The number of imidazole rings is 1. The normalized spacial score (nSPS) is 11.1. The first kappa shape index (κ1) is 11.6. The summed E-state index contributed by atoms with van der Waals surface area (Å²) in [6.07, 6.45) is 0. The van der Waals surface area contributed by atoms with Crippen LogP contribution in [0.3, 0.4) is 0 Å². The quantitative estimate of drug-likeness (QED) is 0.654. The van der Waals surface area contributed by atoms with Gasteiger partial charge in [0.1, 0.15) is 0 Å². The lowest BCUT2D eigenvalue weighted by atomic mass is 10.1. The van der Waals surface area contributed by atoms with Crippen LogP contribution in [0.1, 0.15) is 11.1 Å². The summed E-state index contributed by atoms with van der Waals surface area (Å²) >= 11 is 0. The molecule has 4 nitrogen and oxygen atoms in total. The minimum atomic E-state index is -0.141. The topological polar surface area (TPSA) is 63.8 Å². The van der Waals surface area contributed by atoms with E-state index in [9.17, 15) is 4.79 Å². The van der Waals surface area contributed by atoms with E-state index in [-0.39, 0.29) is 5.69 Å². The number of benzene rings is 2. The molecular weight excluding hydrogens is 238 g/mol. The van der Waals surface area contributed by atoms with Gasteiger partial charge in [0, 0.05) is 5.69 Å². The molecule has 0 amide bonds. The van der Waals surface area contributed by atoms with Crippen LogP contribution in [0.2, 0.25) is 0 Å². The standard InChI is InChI=1S/C15H15N3O/c1-9-4-3-5-10(2)14(9)18-13-8-11(16)6-7-12(13)17-15(18)19/h3-8H,16H2,1-2H3,(H,17,19). The fourth-order valence-corrected chi connectivity index (χ4v) is 2.50. The van der Waals surface area contributed by atoms with Crippen LogP contribution in [-0.4, -0.2) is 9.55 Å². The Morgan fingerprint density at radius 2 is 1.79 bits per heavy atom. The van der Waals surface area contributed by atoms with E-state index >= 15 is 0 Å². The Kier molecular flexibility index (Phi) is 2.45. The van der Waals surface area contributed by atoms with Crippen molar-refractivity contribution in [3.63, 3.8) is 0 Å². The number of rotatable bonds is 1. The predicted molar refractivity (Wildman–Crippen MR) is 77.8 cm³/mol. The number of fused-ring (bicyclic) bond motifs is 1. The molecule has 0 unspecified atom stereocenters. The average molecular weight is 253 g/mol. The lowest BCUT2D eigenvalue weighted by molar-refractivity contribution is 0.991. The highest BCUT2D eigenvalue weighted by Gasteiger charge is 2.12. The summed E-state index contributed by atoms with van der Waals surface area (Å²) in [6, 6.07) is 11.4. The fraction of sp³-hybridized carbons (Fsp3) is 0.133. The van der Waals surface area contributed by atoms with Gasteiger partial charge in [0.05, 0.1) is 16.7 Å². The summed E-state index contributed by atoms with van der Waals surface area (Å²) < 4.78 is 1.69. The smallest absolute Gasteiger partial charge is 0.331 e. The fourth-order valence-electron chi connectivity index (χ4n) is 2.50. The van der Waals surface area contributed by atoms with Crippen molar-refractivity contribution in [2.24, 2.45) is 0 Å². The van der Waals surface area contributed by atoms with Gasteiger partial charge in [0.15, 0.2) is 0 Å². The molecule has 2 aromatic carbocycles. The number of nitrogens with two attached hydrogens (primary N) is 1. The number of H-pyrrole nitrogens is 1. The second-order valence-electron chi connectivity index (χ2n) is 4.78. The third-order valence-electron chi connectivity index (χ3n) is 3.37. The van der Waals surface area contributed by atoms with E-state index in [4.69, 9.17) is 5.73 Å². The van der Waals surface area contributed by atoms with E-state index in [1.165, 1.54) is 0 Å². The van der Waals surface area contributed by atoms with Crippen LogP contribution in [-0.2, 0) is 0 Å². The minimum absolute atomic E-state index is 0.141. The number of hydrogen-bond acceptors (Lipinski definition) is 2. The molecule has 0 fully saturated rings. The first-order valence-electron chi connectivity index (χ1n) is 6.15. The van der Waals surface area contributed by atoms with Crippen LogP contribution in [0.4, 0.5) is 5.69 Å². The number of hydrogen-bond donors (Lipinski definition) is 2. The van der Waals surface area contributed by atoms with Gasteiger partial charge < -0.3 is 10.7 Å². The number of para-hydroxylation sites is 1. The molecule has 19 heavy (non-hydrogen) atoms. The maximum Gasteiger partial charge on any atom is 0.331 e. The van der Waals surface area contributed by atoms with Crippen LogP contribution in [0, 0.1) is 13.8 Å². The zero-order valence-corrected chi connectivity index (χ0v) is 10.9. The molecule has 1 heterocycles. The van der Waals surface area contributed by atoms with Crippen LogP contribution in [0.15, 0.2) is 41.2 Å². The van der Waals surface area contributed by atoms with Crippen LogP contribution >= 0.6 is 0 Å². The number of aromatic nitrogens is 2. The number of nitrogen functional groups attached to an aromatic ring is 1. The first-order valence-corrected chi connectivity index (χ1v) is 6.15. The number of aryl methyl sites for hydroxylation is 2. The second kappa shape index (κ2) is 4.02. The molecule has 3 aromatic rings. The van der Waals surface area contributed by atoms with Crippen LogP contribution in [0.25, 0.3) is 16.7 Å². The van der Waals surface area contributed by atoms with Gasteiger partial charge in [-0.2, -0.15) is 0 Å². The molecule has 96 valence electrons. The van der Waals surface area contributed by atoms with Crippen LogP contribution < -0.4 is 11.4 Å².